The van der Waals surface area contributed by atoms with Gasteiger partial charge in [0.25, 0.3) is 5.91 Å². The number of carbonyl (C=O) groups excluding carboxylic acids is 1. The summed E-state index contributed by atoms with van der Waals surface area (Å²) in [5.41, 5.74) is 3.41. The molecule has 0 atom stereocenters. The number of carbonyl (C=O) groups is 1. The Balaban J connectivity index is 1.25. The van der Waals surface area contributed by atoms with E-state index in [1.54, 1.807) is 17.1 Å². The van der Waals surface area contributed by atoms with Crippen LogP contribution in [0, 0.1) is 0 Å². The van der Waals surface area contributed by atoms with Crippen molar-refractivity contribution in [2.24, 2.45) is 7.05 Å². The molecule has 2 aliphatic rings. The standard InChI is InChI=1S/C21H28N4O2/c1-23-15-18(14-22-23)21(26)24(2)19-6-10-25(11-7-19)9-5-16-3-4-20-17(13-16)8-12-27-20/h3-4,13-15,19H,5-12H2,1-2H3. The maximum atomic E-state index is 12.6. The Morgan fingerprint density at radius 1 is 1.33 bits per heavy atom. The average molecular weight is 368 g/mol. The Labute approximate surface area is 160 Å². The highest BCUT2D eigenvalue weighted by atomic mass is 16.5. The summed E-state index contributed by atoms with van der Waals surface area (Å²) in [6.07, 6.45) is 7.60. The molecule has 6 heteroatoms. The molecule has 4 rings (SSSR count). The third-order valence-corrected chi connectivity index (χ3v) is 5.85. The van der Waals surface area contributed by atoms with Gasteiger partial charge in [-0.25, -0.2) is 0 Å². The maximum absolute atomic E-state index is 12.6. The van der Waals surface area contributed by atoms with Gasteiger partial charge in [-0.05, 0) is 36.5 Å². The van der Waals surface area contributed by atoms with E-state index in [0.717, 1.165) is 57.7 Å². The number of ether oxygens (including phenoxy) is 1. The van der Waals surface area contributed by atoms with Crippen LogP contribution in [0.4, 0.5) is 0 Å². The second-order valence-corrected chi connectivity index (χ2v) is 7.68. The van der Waals surface area contributed by atoms with Crippen LogP contribution in [0.1, 0.15) is 34.3 Å². The van der Waals surface area contributed by atoms with E-state index in [1.165, 1.54) is 11.1 Å². The van der Waals surface area contributed by atoms with Crippen molar-refractivity contribution in [3.63, 3.8) is 0 Å². The first-order chi connectivity index (χ1) is 13.1. The number of amides is 1. The Bertz CT molecular complexity index is 808. The lowest BCUT2D eigenvalue weighted by Gasteiger charge is -2.36. The molecule has 1 saturated heterocycles. The first-order valence-corrected chi connectivity index (χ1v) is 9.83. The number of fused-ring (bicyclic) bond motifs is 1. The van der Waals surface area contributed by atoms with Crippen LogP contribution in [-0.2, 0) is 19.9 Å². The lowest BCUT2D eigenvalue weighted by atomic mass is 10.0. The van der Waals surface area contributed by atoms with Crippen LogP contribution < -0.4 is 4.74 Å². The quantitative estimate of drug-likeness (QED) is 0.811. The molecule has 2 aliphatic heterocycles. The molecule has 0 unspecified atom stereocenters. The van der Waals surface area contributed by atoms with Crippen molar-refractivity contribution in [2.75, 3.05) is 33.3 Å². The second kappa shape index (κ2) is 7.72. The first-order valence-electron chi connectivity index (χ1n) is 9.83. The van der Waals surface area contributed by atoms with Gasteiger partial charge in [-0.2, -0.15) is 5.10 Å². The minimum atomic E-state index is 0.0712. The van der Waals surface area contributed by atoms with E-state index in [9.17, 15) is 4.79 Å². The van der Waals surface area contributed by atoms with Crippen molar-refractivity contribution in [3.05, 3.63) is 47.3 Å². The summed E-state index contributed by atoms with van der Waals surface area (Å²) in [4.78, 5) is 17.0. The maximum Gasteiger partial charge on any atom is 0.257 e. The lowest BCUT2D eigenvalue weighted by molar-refractivity contribution is 0.0643. The number of hydrogen-bond donors (Lipinski definition) is 0. The molecule has 1 aromatic heterocycles. The monoisotopic (exact) mass is 368 g/mol. The van der Waals surface area contributed by atoms with E-state index >= 15 is 0 Å². The number of nitrogens with zero attached hydrogens (tertiary/aromatic N) is 4. The number of aromatic nitrogens is 2. The highest BCUT2D eigenvalue weighted by Crippen LogP contribution is 2.26. The van der Waals surface area contributed by atoms with Crippen LogP contribution in [-0.4, -0.2) is 64.8 Å². The minimum absolute atomic E-state index is 0.0712. The molecule has 0 bridgehead atoms. The van der Waals surface area contributed by atoms with Crippen LogP contribution >= 0.6 is 0 Å². The van der Waals surface area contributed by atoms with E-state index in [-0.39, 0.29) is 5.91 Å². The molecular weight excluding hydrogens is 340 g/mol. The summed E-state index contributed by atoms with van der Waals surface area (Å²) >= 11 is 0. The van der Waals surface area contributed by atoms with Gasteiger partial charge in [0.15, 0.2) is 0 Å². The van der Waals surface area contributed by atoms with Crippen molar-refractivity contribution >= 4 is 5.91 Å². The van der Waals surface area contributed by atoms with Gasteiger partial charge in [0.2, 0.25) is 0 Å². The molecule has 1 fully saturated rings. The van der Waals surface area contributed by atoms with E-state index < -0.39 is 0 Å². The van der Waals surface area contributed by atoms with Crippen molar-refractivity contribution in [2.45, 2.75) is 31.7 Å². The smallest absolute Gasteiger partial charge is 0.257 e. The van der Waals surface area contributed by atoms with E-state index in [2.05, 4.69) is 28.2 Å². The number of hydrogen-bond acceptors (Lipinski definition) is 4. The molecule has 1 aromatic carbocycles. The number of aryl methyl sites for hydroxylation is 1. The third-order valence-electron chi connectivity index (χ3n) is 5.85. The molecule has 0 N–H and O–H groups in total. The van der Waals surface area contributed by atoms with Gasteiger partial charge in [-0.15, -0.1) is 0 Å². The lowest BCUT2D eigenvalue weighted by Crippen LogP contribution is -2.46. The van der Waals surface area contributed by atoms with E-state index in [0.29, 0.717) is 11.6 Å². The van der Waals surface area contributed by atoms with Crippen LogP contribution in [0.3, 0.4) is 0 Å². The zero-order valence-electron chi connectivity index (χ0n) is 16.2. The number of rotatable bonds is 5. The fourth-order valence-corrected chi connectivity index (χ4v) is 4.11. The number of benzene rings is 1. The van der Waals surface area contributed by atoms with Crippen molar-refractivity contribution in [1.29, 1.82) is 0 Å². The van der Waals surface area contributed by atoms with Crippen LogP contribution in [0.25, 0.3) is 0 Å². The minimum Gasteiger partial charge on any atom is -0.493 e. The van der Waals surface area contributed by atoms with Gasteiger partial charge in [0.05, 0.1) is 18.4 Å². The molecule has 0 aliphatic carbocycles. The average Bonchev–Trinajstić information content (AvgIpc) is 3.34. The topological polar surface area (TPSA) is 50.6 Å². The summed E-state index contributed by atoms with van der Waals surface area (Å²) in [6.45, 7) is 3.98. The third kappa shape index (κ3) is 4.00. The van der Waals surface area contributed by atoms with Crippen molar-refractivity contribution < 1.29 is 9.53 Å². The highest BCUT2D eigenvalue weighted by molar-refractivity contribution is 5.93. The summed E-state index contributed by atoms with van der Waals surface area (Å²) in [6, 6.07) is 6.92. The molecule has 144 valence electrons. The molecular formula is C21H28N4O2. The summed E-state index contributed by atoms with van der Waals surface area (Å²) in [7, 11) is 3.76. The molecule has 27 heavy (non-hydrogen) atoms. The molecule has 1 amide bonds. The summed E-state index contributed by atoms with van der Waals surface area (Å²) in [5, 5.41) is 4.11. The fourth-order valence-electron chi connectivity index (χ4n) is 4.11. The van der Waals surface area contributed by atoms with Gasteiger partial charge in [-0.1, -0.05) is 12.1 Å². The van der Waals surface area contributed by atoms with E-state index in [4.69, 9.17) is 4.74 Å². The molecule has 0 radical (unpaired) electrons. The van der Waals surface area contributed by atoms with Crippen molar-refractivity contribution in [1.82, 2.24) is 19.6 Å². The normalized spacial score (nSPS) is 17.6. The van der Waals surface area contributed by atoms with Gasteiger partial charge in [-0.3, -0.25) is 9.48 Å². The Hall–Kier alpha value is -2.34. The largest absolute Gasteiger partial charge is 0.493 e. The predicted molar refractivity (Wildman–Crippen MR) is 104 cm³/mol. The van der Waals surface area contributed by atoms with Crippen LogP contribution in [0.2, 0.25) is 0 Å². The summed E-state index contributed by atoms with van der Waals surface area (Å²) in [5.74, 6) is 1.13. The van der Waals surface area contributed by atoms with Crippen LogP contribution in [0.15, 0.2) is 30.6 Å². The predicted octanol–water partition coefficient (Wildman–Crippen LogP) is 2.13. The van der Waals surface area contributed by atoms with Gasteiger partial charge >= 0.3 is 0 Å². The zero-order valence-corrected chi connectivity index (χ0v) is 16.2. The van der Waals surface area contributed by atoms with E-state index in [1.807, 2.05) is 19.0 Å². The number of piperidine rings is 1. The van der Waals surface area contributed by atoms with Crippen LogP contribution in [0.5, 0.6) is 5.75 Å². The molecule has 6 nitrogen and oxygen atoms in total. The fraction of sp³-hybridized carbons (Fsp3) is 0.524. The van der Waals surface area contributed by atoms with Gasteiger partial charge < -0.3 is 14.5 Å². The zero-order chi connectivity index (χ0) is 18.8. The van der Waals surface area contributed by atoms with Gasteiger partial charge in [0.1, 0.15) is 5.75 Å². The summed E-state index contributed by atoms with van der Waals surface area (Å²) < 4.78 is 7.26. The van der Waals surface area contributed by atoms with Crippen molar-refractivity contribution in [3.8, 4) is 5.75 Å². The SMILES string of the molecule is CN(C(=O)c1cnn(C)c1)C1CCN(CCc2ccc3c(c2)CCO3)CC1. The highest BCUT2D eigenvalue weighted by Gasteiger charge is 2.26. The Morgan fingerprint density at radius 3 is 2.89 bits per heavy atom. The van der Waals surface area contributed by atoms with Gasteiger partial charge in [0, 0.05) is 52.4 Å². The molecule has 2 aromatic rings. The Morgan fingerprint density at radius 2 is 2.15 bits per heavy atom. The Kier molecular flexibility index (Phi) is 5.16. The first kappa shape index (κ1) is 18.0. The molecule has 0 spiro atoms. The number of likely N-dealkylation sites (tertiary alicyclic amines) is 1. The molecule has 3 heterocycles. The molecule has 0 saturated carbocycles. The second-order valence-electron chi connectivity index (χ2n) is 7.68.